The van der Waals surface area contributed by atoms with Crippen molar-refractivity contribution in [2.24, 2.45) is 0 Å². The Morgan fingerprint density at radius 2 is 2.10 bits per heavy atom. The third-order valence-electron chi connectivity index (χ3n) is 1.43. The topological polar surface area (TPSA) is 41.6 Å². The van der Waals surface area contributed by atoms with E-state index in [4.69, 9.17) is 0 Å². The number of nitrogens with zero attached hydrogens (tertiary/aromatic N) is 2. The Kier molecular flexibility index (Phi) is 2.04. The molecule has 3 heteroatoms. The molecule has 1 aromatic rings. The molecule has 0 radical (unpaired) electrons. The summed E-state index contributed by atoms with van der Waals surface area (Å²) in [7, 11) is 0. The summed E-state index contributed by atoms with van der Waals surface area (Å²) in [5.41, 5.74) is 0. The van der Waals surface area contributed by atoms with Crippen molar-refractivity contribution >= 4 is 0 Å². The van der Waals surface area contributed by atoms with Crippen LogP contribution in [0.25, 0.3) is 0 Å². The fourth-order valence-corrected chi connectivity index (χ4v) is 0.731. The Bertz CT molecular complexity index is 202. The van der Waals surface area contributed by atoms with Crippen LogP contribution < -0.4 is 0 Å². The zero-order valence-electron chi connectivity index (χ0n) is 6.68. The van der Waals surface area contributed by atoms with Crippen molar-refractivity contribution in [3.63, 3.8) is 0 Å². The minimum atomic E-state index is 0.452. The van der Waals surface area contributed by atoms with Gasteiger partial charge in [0.15, 0.2) is 0 Å². The highest BCUT2D eigenvalue weighted by Crippen LogP contribution is 2.07. The zero-order valence-corrected chi connectivity index (χ0v) is 6.68. The van der Waals surface area contributed by atoms with Gasteiger partial charge < -0.3 is 4.98 Å². The second-order valence-corrected chi connectivity index (χ2v) is 2.67. The highest BCUT2D eigenvalue weighted by Gasteiger charge is 2.03. The van der Waals surface area contributed by atoms with Gasteiger partial charge in [0.05, 0.1) is 0 Å². The van der Waals surface area contributed by atoms with E-state index in [0.717, 1.165) is 18.1 Å². The van der Waals surface area contributed by atoms with Gasteiger partial charge in [0.25, 0.3) is 0 Å². The molecule has 56 valence electrons. The lowest BCUT2D eigenvalue weighted by atomic mass is 10.2. The van der Waals surface area contributed by atoms with Crippen LogP contribution in [0.4, 0.5) is 0 Å². The highest BCUT2D eigenvalue weighted by atomic mass is 15.2. The maximum Gasteiger partial charge on any atom is 0.132 e. The fraction of sp³-hybridized carbons (Fsp3) is 0.714. The normalized spacial score (nSPS) is 10.8. The molecule has 0 amide bonds. The van der Waals surface area contributed by atoms with Crippen LogP contribution in [0.15, 0.2) is 0 Å². The van der Waals surface area contributed by atoms with Gasteiger partial charge in [-0.15, -0.1) is 10.2 Å². The molecule has 1 aromatic heterocycles. The molecule has 0 spiro atoms. The first kappa shape index (κ1) is 7.25. The summed E-state index contributed by atoms with van der Waals surface area (Å²) >= 11 is 0. The van der Waals surface area contributed by atoms with E-state index in [2.05, 4.69) is 36.0 Å². The standard InChI is InChI=1S/C7H13N3/c1-4-6-8-7(5(2)3)10-9-6/h5H,4H2,1-3H3,(H,8,9,10). The average molecular weight is 139 g/mol. The Hall–Kier alpha value is -0.860. The van der Waals surface area contributed by atoms with Crippen molar-refractivity contribution in [3.8, 4) is 0 Å². The molecular formula is C7H13N3. The van der Waals surface area contributed by atoms with E-state index in [1.54, 1.807) is 0 Å². The maximum atomic E-state index is 3.98. The zero-order chi connectivity index (χ0) is 7.56. The second kappa shape index (κ2) is 2.82. The fourth-order valence-electron chi connectivity index (χ4n) is 0.731. The van der Waals surface area contributed by atoms with Crippen LogP contribution in [0.3, 0.4) is 0 Å². The van der Waals surface area contributed by atoms with Gasteiger partial charge in [-0.25, -0.2) is 0 Å². The minimum Gasteiger partial charge on any atom is -0.329 e. The van der Waals surface area contributed by atoms with Gasteiger partial charge in [-0.3, -0.25) is 0 Å². The lowest BCUT2D eigenvalue weighted by Gasteiger charge is -1.94. The number of aryl methyl sites for hydroxylation is 1. The van der Waals surface area contributed by atoms with Crippen LogP contribution in [0, 0.1) is 0 Å². The van der Waals surface area contributed by atoms with Crippen LogP contribution in [-0.2, 0) is 6.42 Å². The molecule has 10 heavy (non-hydrogen) atoms. The molecular weight excluding hydrogens is 126 g/mol. The van der Waals surface area contributed by atoms with Gasteiger partial charge >= 0.3 is 0 Å². The first-order valence-corrected chi connectivity index (χ1v) is 3.65. The number of nitrogens with one attached hydrogen (secondary N) is 1. The number of rotatable bonds is 2. The molecule has 0 saturated carbocycles. The summed E-state index contributed by atoms with van der Waals surface area (Å²) in [4.78, 5) is 3.14. The Balaban J connectivity index is 2.78. The molecule has 0 fully saturated rings. The summed E-state index contributed by atoms with van der Waals surface area (Å²) in [5.74, 6) is 2.41. The van der Waals surface area contributed by atoms with E-state index in [1.807, 2.05) is 0 Å². The summed E-state index contributed by atoms with van der Waals surface area (Å²) in [6.45, 7) is 6.25. The van der Waals surface area contributed by atoms with Crippen molar-refractivity contribution in [1.82, 2.24) is 15.2 Å². The number of hydrogen-bond acceptors (Lipinski definition) is 2. The predicted octanol–water partition coefficient (Wildman–Crippen LogP) is 1.49. The molecule has 0 aliphatic heterocycles. The highest BCUT2D eigenvalue weighted by molar-refractivity contribution is 4.94. The molecule has 0 unspecified atom stereocenters. The van der Waals surface area contributed by atoms with Crippen molar-refractivity contribution in [1.29, 1.82) is 0 Å². The first-order chi connectivity index (χ1) is 4.74. The summed E-state index contributed by atoms with van der Waals surface area (Å²) < 4.78 is 0. The van der Waals surface area contributed by atoms with Crippen LogP contribution >= 0.6 is 0 Å². The molecule has 3 nitrogen and oxygen atoms in total. The Labute approximate surface area is 60.9 Å². The van der Waals surface area contributed by atoms with Crippen LogP contribution in [0.2, 0.25) is 0 Å². The smallest absolute Gasteiger partial charge is 0.132 e. The van der Waals surface area contributed by atoms with Crippen LogP contribution in [0.1, 0.15) is 38.3 Å². The molecule has 0 aliphatic carbocycles. The van der Waals surface area contributed by atoms with E-state index in [9.17, 15) is 0 Å². The van der Waals surface area contributed by atoms with E-state index in [1.165, 1.54) is 0 Å². The monoisotopic (exact) mass is 139 g/mol. The van der Waals surface area contributed by atoms with Gasteiger partial charge in [0.1, 0.15) is 11.6 Å². The molecule has 0 aliphatic rings. The second-order valence-electron chi connectivity index (χ2n) is 2.67. The summed E-state index contributed by atoms with van der Waals surface area (Å²) in [6, 6.07) is 0. The largest absolute Gasteiger partial charge is 0.329 e. The van der Waals surface area contributed by atoms with Crippen molar-refractivity contribution in [2.45, 2.75) is 33.1 Å². The lowest BCUT2D eigenvalue weighted by molar-refractivity contribution is 0.780. The Morgan fingerprint density at radius 3 is 2.40 bits per heavy atom. The summed E-state index contributed by atoms with van der Waals surface area (Å²) in [6.07, 6.45) is 0.930. The van der Waals surface area contributed by atoms with Gasteiger partial charge in [-0.2, -0.15) is 0 Å². The average Bonchev–Trinajstić information content (AvgIpc) is 2.34. The van der Waals surface area contributed by atoms with E-state index >= 15 is 0 Å². The minimum absolute atomic E-state index is 0.452. The van der Waals surface area contributed by atoms with Gasteiger partial charge in [0, 0.05) is 12.3 Å². The first-order valence-electron chi connectivity index (χ1n) is 3.65. The van der Waals surface area contributed by atoms with Crippen molar-refractivity contribution in [2.75, 3.05) is 0 Å². The molecule has 1 rings (SSSR count). The van der Waals surface area contributed by atoms with Gasteiger partial charge in [0.2, 0.25) is 0 Å². The predicted molar refractivity (Wildman–Crippen MR) is 39.8 cm³/mol. The van der Waals surface area contributed by atoms with Gasteiger partial charge in [-0.1, -0.05) is 20.8 Å². The van der Waals surface area contributed by atoms with Crippen LogP contribution in [0.5, 0.6) is 0 Å². The molecule has 0 atom stereocenters. The molecule has 1 N–H and O–H groups in total. The number of hydrogen-bond donors (Lipinski definition) is 1. The van der Waals surface area contributed by atoms with Crippen LogP contribution in [-0.4, -0.2) is 15.2 Å². The van der Waals surface area contributed by atoms with E-state index in [0.29, 0.717) is 5.92 Å². The van der Waals surface area contributed by atoms with E-state index in [-0.39, 0.29) is 0 Å². The number of aromatic nitrogens is 3. The molecule has 0 bridgehead atoms. The number of H-pyrrole nitrogens is 1. The third kappa shape index (κ3) is 1.35. The van der Waals surface area contributed by atoms with Gasteiger partial charge in [-0.05, 0) is 0 Å². The lowest BCUT2D eigenvalue weighted by Crippen LogP contribution is -1.89. The SMILES string of the molecule is CCc1nnc(C(C)C)[nH]1. The molecule has 0 saturated heterocycles. The van der Waals surface area contributed by atoms with Crippen molar-refractivity contribution in [3.05, 3.63) is 11.6 Å². The molecule has 1 heterocycles. The Morgan fingerprint density at radius 1 is 1.40 bits per heavy atom. The van der Waals surface area contributed by atoms with Crippen molar-refractivity contribution < 1.29 is 0 Å². The van der Waals surface area contributed by atoms with E-state index < -0.39 is 0 Å². The quantitative estimate of drug-likeness (QED) is 0.674. The molecule has 0 aromatic carbocycles. The summed E-state index contributed by atoms with van der Waals surface area (Å²) in [5, 5.41) is 7.93. The maximum absolute atomic E-state index is 3.98. The number of aromatic amines is 1. The third-order valence-corrected chi connectivity index (χ3v) is 1.43.